The van der Waals surface area contributed by atoms with Crippen molar-refractivity contribution < 1.29 is 9.59 Å². The second-order valence-corrected chi connectivity index (χ2v) is 9.26. The molecule has 2 heterocycles. The molecule has 2 amide bonds. The van der Waals surface area contributed by atoms with Crippen molar-refractivity contribution in [3.05, 3.63) is 98.3 Å². The van der Waals surface area contributed by atoms with E-state index in [9.17, 15) is 14.4 Å². The summed E-state index contributed by atoms with van der Waals surface area (Å²) >= 11 is 13.4. The molecular weight excluding hydrogens is 481 g/mol. The highest BCUT2D eigenvalue weighted by atomic mass is 35.5. The summed E-state index contributed by atoms with van der Waals surface area (Å²) in [5.74, 6) is -0.272. The number of nitrogens with zero attached hydrogens (tertiary/aromatic N) is 3. The molecule has 9 heteroatoms. The third-order valence-corrected chi connectivity index (χ3v) is 6.72. The molecular formula is C24H15Cl2N3O3S. The lowest BCUT2D eigenvalue weighted by molar-refractivity contribution is 0.0664. The zero-order chi connectivity index (χ0) is 23.1. The quantitative estimate of drug-likeness (QED) is 0.219. The SMILES string of the molecule is O=C1c2ccccc2C(=O)N1CCSc1nc2cc(Cl)ccc2c(=O)n1-c1ccc(Cl)cc1. The minimum Gasteiger partial charge on any atom is -0.273 e. The van der Waals surface area contributed by atoms with Crippen molar-refractivity contribution in [2.75, 3.05) is 12.3 Å². The standard InChI is InChI=1S/C24H15Cl2N3O3S/c25-14-5-8-16(9-6-14)29-23(32)19-10-7-15(26)13-20(19)27-24(29)33-12-11-28-21(30)17-3-1-2-4-18(17)22(28)31/h1-10,13H,11-12H2. The van der Waals surface area contributed by atoms with Crippen LogP contribution >= 0.6 is 35.0 Å². The normalized spacial score (nSPS) is 13.1. The smallest absolute Gasteiger partial charge is 0.266 e. The Morgan fingerprint density at radius 1 is 0.818 bits per heavy atom. The highest BCUT2D eigenvalue weighted by molar-refractivity contribution is 7.99. The molecule has 0 saturated carbocycles. The van der Waals surface area contributed by atoms with Gasteiger partial charge in [0.05, 0.1) is 27.7 Å². The summed E-state index contributed by atoms with van der Waals surface area (Å²) in [6.07, 6.45) is 0. The van der Waals surface area contributed by atoms with Crippen LogP contribution in [0.25, 0.3) is 16.6 Å². The van der Waals surface area contributed by atoms with Gasteiger partial charge in [0.1, 0.15) is 0 Å². The van der Waals surface area contributed by atoms with Crippen LogP contribution in [0.1, 0.15) is 20.7 Å². The fourth-order valence-electron chi connectivity index (χ4n) is 3.72. The molecule has 0 fully saturated rings. The van der Waals surface area contributed by atoms with Gasteiger partial charge in [0.25, 0.3) is 17.4 Å². The number of halogens is 2. The van der Waals surface area contributed by atoms with Crippen molar-refractivity contribution in [3.8, 4) is 5.69 Å². The predicted octanol–water partition coefficient (Wildman–Crippen LogP) is 5.08. The van der Waals surface area contributed by atoms with Crippen LogP contribution in [0.4, 0.5) is 0 Å². The van der Waals surface area contributed by atoms with Crippen molar-refractivity contribution in [2.45, 2.75) is 5.16 Å². The summed E-state index contributed by atoms with van der Waals surface area (Å²) in [4.78, 5) is 44.5. The van der Waals surface area contributed by atoms with Gasteiger partial charge in [-0.05, 0) is 54.6 Å². The molecule has 164 valence electrons. The number of carbonyl (C=O) groups is 2. The van der Waals surface area contributed by atoms with Gasteiger partial charge >= 0.3 is 0 Å². The van der Waals surface area contributed by atoms with E-state index in [4.69, 9.17) is 23.2 Å². The van der Waals surface area contributed by atoms with Crippen LogP contribution in [-0.2, 0) is 0 Å². The van der Waals surface area contributed by atoms with Gasteiger partial charge in [0.15, 0.2) is 5.16 Å². The Morgan fingerprint density at radius 3 is 2.12 bits per heavy atom. The molecule has 0 N–H and O–H groups in total. The number of fused-ring (bicyclic) bond motifs is 2. The molecule has 3 aromatic carbocycles. The van der Waals surface area contributed by atoms with Crippen LogP contribution in [0.5, 0.6) is 0 Å². The van der Waals surface area contributed by atoms with E-state index in [0.717, 1.165) is 0 Å². The van der Waals surface area contributed by atoms with E-state index in [1.165, 1.54) is 21.2 Å². The summed E-state index contributed by atoms with van der Waals surface area (Å²) in [6, 6.07) is 18.6. The fraction of sp³-hybridized carbons (Fsp3) is 0.0833. The van der Waals surface area contributed by atoms with Crippen LogP contribution in [0.3, 0.4) is 0 Å². The Labute approximate surface area is 202 Å². The Hall–Kier alpha value is -3.13. The lowest BCUT2D eigenvalue weighted by Crippen LogP contribution is -2.32. The van der Waals surface area contributed by atoms with E-state index >= 15 is 0 Å². The maximum atomic E-state index is 13.3. The van der Waals surface area contributed by atoms with Gasteiger partial charge in [-0.25, -0.2) is 4.98 Å². The molecule has 1 aliphatic rings. The summed E-state index contributed by atoms with van der Waals surface area (Å²) in [5.41, 5.74) is 1.65. The van der Waals surface area contributed by atoms with Crippen molar-refractivity contribution in [1.29, 1.82) is 0 Å². The Kier molecular flexibility index (Phi) is 5.70. The first-order valence-electron chi connectivity index (χ1n) is 10.0. The van der Waals surface area contributed by atoms with Gasteiger partial charge in [0, 0.05) is 22.3 Å². The number of hydrogen-bond acceptors (Lipinski definition) is 5. The molecule has 0 spiro atoms. The number of carbonyl (C=O) groups excluding carboxylic acids is 2. The molecule has 1 aromatic heterocycles. The highest BCUT2D eigenvalue weighted by Crippen LogP contribution is 2.26. The third-order valence-electron chi connectivity index (χ3n) is 5.31. The largest absolute Gasteiger partial charge is 0.273 e. The molecule has 0 aliphatic carbocycles. The first kappa shape index (κ1) is 21.7. The van der Waals surface area contributed by atoms with Gasteiger partial charge in [-0.1, -0.05) is 47.1 Å². The number of thioether (sulfide) groups is 1. The fourth-order valence-corrected chi connectivity index (χ4v) is 4.95. The molecule has 0 saturated heterocycles. The maximum Gasteiger partial charge on any atom is 0.266 e. The van der Waals surface area contributed by atoms with E-state index in [1.54, 1.807) is 66.7 Å². The topological polar surface area (TPSA) is 72.3 Å². The Bertz CT molecular complexity index is 1450. The highest BCUT2D eigenvalue weighted by Gasteiger charge is 2.34. The summed E-state index contributed by atoms with van der Waals surface area (Å²) < 4.78 is 1.50. The lowest BCUT2D eigenvalue weighted by Gasteiger charge is -2.16. The lowest BCUT2D eigenvalue weighted by atomic mass is 10.1. The van der Waals surface area contributed by atoms with Crippen molar-refractivity contribution in [2.24, 2.45) is 0 Å². The van der Waals surface area contributed by atoms with E-state index in [2.05, 4.69) is 4.98 Å². The summed E-state index contributed by atoms with van der Waals surface area (Å²) in [5, 5.41) is 1.88. The van der Waals surface area contributed by atoms with E-state index < -0.39 is 0 Å². The third kappa shape index (κ3) is 3.93. The first-order valence-corrected chi connectivity index (χ1v) is 11.7. The van der Waals surface area contributed by atoms with Crippen LogP contribution in [0.2, 0.25) is 10.0 Å². The Morgan fingerprint density at radius 2 is 1.45 bits per heavy atom. The Balaban J connectivity index is 1.48. The van der Waals surface area contributed by atoms with E-state index in [0.29, 0.717) is 48.7 Å². The molecule has 0 unspecified atom stereocenters. The second-order valence-electron chi connectivity index (χ2n) is 7.33. The van der Waals surface area contributed by atoms with Crippen LogP contribution in [0, 0.1) is 0 Å². The monoisotopic (exact) mass is 495 g/mol. The van der Waals surface area contributed by atoms with Gasteiger partial charge in [-0.2, -0.15) is 0 Å². The molecule has 33 heavy (non-hydrogen) atoms. The van der Waals surface area contributed by atoms with Crippen molar-refractivity contribution in [1.82, 2.24) is 14.5 Å². The summed E-state index contributed by atoms with van der Waals surface area (Å²) in [7, 11) is 0. The molecule has 6 nitrogen and oxygen atoms in total. The molecule has 1 aliphatic heterocycles. The maximum absolute atomic E-state index is 13.3. The molecule has 0 atom stereocenters. The zero-order valence-electron chi connectivity index (χ0n) is 17.0. The number of imide groups is 1. The molecule has 4 aromatic rings. The summed E-state index contributed by atoms with van der Waals surface area (Å²) in [6.45, 7) is 0.182. The number of rotatable bonds is 5. The van der Waals surface area contributed by atoms with Gasteiger partial charge in [-0.3, -0.25) is 23.9 Å². The van der Waals surface area contributed by atoms with Crippen LogP contribution < -0.4 is 5.56 Å². The number of aromatic nitrogens is 2. The van der Waals surface area contributed by atoms with E-state index in [-0.39, 0.29) is 23.9 Å². The number of hydrogen-bond donors (Lipinski definition) is 0. The van der Waals surface area contributed by atoms with Crippen LogP contribution in [0.15, 0.2) is 76.7 Å². The second kappa shape index (κ2) is 8.67. The van der Waals surface area contributed by atoms with Gasteiger partial charge in [0.2, 0.25) is 0 Å². The van der Waals surface area contributed by atoms with Crippen molar-refractivity contribution >= 4 is 57.7 Å². The van der Waals surface area contributed by atoms with Gasteiger partial charge in [-0.15, -0.1) is 0 Å². The minimum atomic E-state index is -0.315. The minimum absolute atomic E-state index is 0.182. The average Bonchev–Trinajstić information content (AvgIpc) is 3.05. The van der Waals surface area contributed by atoms with Crippen molar-refractivity contribution in [3.63, 3.8) is 0 Å². The van der Waals surface area contributed by atoms with Gasteiger partial charge < -0.3 is 0 Å². The molecule has 5 rings (SSSR count). The first-order chi connectivity index (χ1) is 15.9. The van der Waals surface area contributed by atoms with Crippen LogP contribution in [-0.4, -0.2) is 38.6 Å². The number of benzene rings is 3. The number of amides is 2. The zero-order valence-corrected chi connectivity index (χ0v) is 19.3. The molecule has 0 radical (unpaired) electrons. The molecule has 0 bridgehead atoms. The van der Waals surface area contributed by atoms with E-state index in [1.807, 2.05) is 0 Å². The average molecular weight is 496 g/mol. The predicted molar refractivity (Wildman–Crippen MR) is 130 cm³/mol.